The number of aromatic carboxylic acids is 1. The Morgan fingerprint density at radius 1 is 1.15 bits per heavy atom. The van der Waals surface area contributed by atoms with Crippen molar-refractivity contribution < 1.29 is 18.3 Å². The van der Waals surface area contributed by atoms with Gasteiger partial charge in [0.05, 0.1) is 0 Å². The molecule has 0 radical (unpaired) electrons. The molecule has 142 valence electrons. The van der Waals surface area contributed by atoms with Crippen LogP contribution in [0, 0.1) is 5.92 Å². The van der Waals surface area contributed by atoms with Crippen LogP contribution < -0.4 is 0 Å². The van der Waals surface area contributed by atoms with Gasteiger partial charge in [-0.25, -0.2) is 18.2 Å². The Hall–Kier alpha value is -2.29. The maximum Gasteiger partial charge on any atom is 0.355 e. The Morgan fingerprint density at radius 2 is 1.93 bits per heavy atom. The first-order valence-electron chi connectivity index (χ1n) is 8.93. The van der Waals surface area contributed by atoms with Crippen molar-refractivity contribution in [1.82, 2.24) is 14.2 Å². The summed E-state index contributed by atoms with van der Waals surface area (Å²) in [6.07, 6.45) is 2.24. The molecule has 2 aliphatic heterocycles. The molecule has 0 bridgehead atoms. The second-order valence-electron chi connectivity index (χ2n) is 7.05. The van der Waals surface area contributed by atoms with E-state index in [0.29, 0.717) is 13.1 Å². The number of benzene rings is 1. The summed E-state index contributed by atoms with van der Waals surface area (Å²) >= 11 is 0. The summed E-state index contributed by atoms with van der Waals surface area (Å²) in [6, 6.07) is 13.1. The Balaban J connectivity index is 1.55. The zero-order valence-electron chi connectivity index (χ0n) is 14.7. The standard InChI is InChI=1S/C19H21N3O4S/c23-19(24)18-17(7-4-9-20-18)27(25,26)22-12-15-8-10-21(16(15)13-22)11-14-5-2-1-3-6-14/h1-7,9,15-16H,8,10-13H2,(H,23,24)/t15-,16+/m0/s1. The Bertz CT molecular complexity index is 948. The quantitative estimate of drug-likeness (QED) is 0.839. The maximum atomic E-state index is 13.1. The van der Waals surface area contributed by atoms with Gasteiger partial charge in [-0.15, -0.1) is 0 Å². The van der Waals surface area contributed by atoms with Crippen LogP contribution in [-0.2, 0) is 16.6 Å². The van der Waals surface area contributed by atoms with Crippen LogP contribution in [0.2, 0.25) is 0 Å². The molecular weight excluding hydrogens is 366 g/mol. The van der Waals surface area contributed by atoms with E-state index in [-0.39, 0.29) is 16.9 Å². The lowest BCUT2D eigenvalue weighted by atomic mass is 10.1. The number of carboxylic acids is 1. The molecule has 2 fully saturated rings. The van der Waals surface area contributed by atoms with Crippen molar-refractivity contribution >= 4 is 16.0 Å². The van der Waals surface area contributed by atoms with E-state index in [1.54, 1.807) is 0 Å². The van der Waals surface area contributed by atoms with Crippen molar-refractivity contribution in [2.45, 2.75) is 23.9 Å². The van der Waals surface area contributed by atoms with Crippen LogP contribution in [0.5, 0.6) is 0 Å². The van der Waals surface area contributed by atoms with Gasteiger partial charge in [-0.1, -0.05) is 30.3 Å². The fraction of sp³-hybridized carbons (Fsp3) is 0.368. The highest BCUT2D eigenvalue weighted by molar-refractivity contribution is 7.89. The Kier molecular flexibility index (Phi) is 4.71. The molecule has 1 aromatic heterocycles. The minimum atomic E-state index is -3.89. The van der Waals surface area contributed by atoms with E-state index in [9.17, 15) is 18.3 Å². The summed E-state index contributed by atoms with van der Waals surface area (Å²) in [5.41, 5.74) is 0.788. The number of hydrogen-bond acceptors (Lipinski definition) is 5. The van der Waals surface area contributed by atoms with Crippen molar-refractivity contribution in [2.24, 2.45) is 5.92 Å². The first-order valence-corrected chi connectivity index (χ1v) is 10.4. The van der Waals surface area contributed by atoms with Crippen molar-refractivity contribution in [2.75, 3.05) is 19.6 Å². The van der Waals surface area contributed by atoms with Crippen molar-refractivity contribution in [3.63, 3.8) is 0 Å². The van der Waals surface area contributed by atoms with Gasteiger partial charge in [0.25, 0.3) is 0 Å². The zero-order chi connectivity index (χ0) is 19.0. The highest BCUT2D eigenvalue weighted by atomic mass is 32.2. The molecule has 0 unspecified atom stereocenters. The van der Waals surface area contributed by atoms with Crippen LogP contribution in [0.1, 0.15) is 22.5 Å². The molecule has 1 aromatic carbocycles. The highest BCUT2D eigenvalue weighted by Gasteiger charge is 2.46. The number of carbonyl (C=O) groups is 1. The second kappa shape index (κ2) is 7.03. The van der Waals surface area contributed by atoms with Gasteiger partial charge in [-0.2, -0.15) is 4.31 Å². The number of sulfonamides is 1. The smallest absolute Gasteiger partial charge is 0.355 e. The zero-order valence-corrected chi connectivity index (χ0v) is 15.5. The van der Waals surface area contributed by atoms with E-state index in [1.165, 1.54) is 28.2 Å². The molecule has 8 heteroatoms. The first kappa shape index (κ1) is 18.1. The average molecular weight is 387 g/mol. The van der Waals surface area contributed by atoms with Gasteiger partial charge in [0, 0.05) is 31.9 Å². The monoisotopic (exact) mass is 387 g/mol. The summed E-state index contributed by atoms with van der Waals surface area (Å²) in [5.74, 6) is -1.06. The third-order valence-corrected chi connectivity index (χ3v) is 7.31. The summed E-state index contributed by atoms with van der Waals surface area (Å²) in [4.78, 5) is 17.2. The summed E-state index contributed by atoms with van der Waals surface area (Å²) in [5, 5.41) is 9.29. The van der Waals surface area contributed by atoms with Gasteiger partial charge in [-0.05, 0) is 36.6 Å². The van der Waals surface area contributed by atoms with E-state index < -0.39 is 21.7 Å². The molecule has 2 aliphatic rings. The number of hydrogen-bond donors (Lipinski definition) is 1. The fourth-order valence-electron chi connectivity index (χ4n) is 4.12. The molecule has 4 rings (SSSR count). The van der Waals surface area contributed by atoms with Crippen LogP contribution in [-0.4, -0.2) is 59.4 Å². The summed E-state index contributed by atoms with van der Waals surface area (Å²) in [7, 11) is -3.89. The van der Waals surface area contributed by atoms with E-state index in [4.69, 9.17) is 0 Å². The molecular formula is C19H21N3O4S. The largest absolute Gasteiger partial charge is 0.476 e. The molecule has 7 nitrogen and oxygen atoms in total. The van der Waals surface area contributed by atoms with Crippen molar-refractivity contribution in [1.29, 1.82) is 0 Å². The van der Waals surface area contributed by atoms with Gasteiger partial charge in [-0.3, -0.25) is 4.90 Å². The SMILES string of the molecule is O=C(O)c1ncccc1S(=O)(=O)N1C[C@@H]2CCN(Cc3ccccc3)[C@@H]2C1. The van der Waals surface area contributed by atoms with Crippen LogP contribution in [0.15, 0.2) is 53.6 Å². The molecule has 0 aliphatic carbocycles. The molecule has 0 spiro atoms. The molecule has 0 saturated carbocycles. The number of aromatic nitrogens is 1. The van der Waals surface area contributed by atoms with E-state index in [0.717, 1.165) is 19.5 Å². The van der Waals surface area contributed by atoms with E-state index in [2.05, 4.69) is 22.0 Å². The Morgan fingerprint density at radius 3 is 2.67 bits per heavy atom. The third kappa shape index (κ3) is 3.36. The molecule has 2 aromatic rings. The van der Waals surface area contributed by atoms with Gasteiger partial charge in [0.15, 0.2) is 5.69 Å². The van der Waals surface area contributed by atoms with Crippen molar-refractivity contribution in [3.8, 4) is 0 Å². The minimum absolute atomic E-state index is 0.157. The second-order valence-corrected chi connectivity index (χ2v) is 8.96. The molecule has 2 atom stereocenters. The molecule has 2 saturated heterocycles. The Labute approximate surface area is 158 Å². The number of rotatable bonds is 5. The van der Waals surface area contributed by atoms with Crippen LogP contribution >= 0.6 is 0 Å². The number of likely N-dealkylation sites (tertiary alicyclic amines) is 1. The topological polar surface area (TPSA) is 90.8 Å². The van der Waals surface area contributed by atoms with Crippen LogP contribution in [0.4, 0.5) is 0 Å². The number of pyridine rings is 1. The third-order valence-electron chi connectivity index (χ3n) is 5.45. The van der Waals surface area contributed by atoms with Crippen LogP contribution in [0.3, 0.4) is 0 Å². The summed E-state index contributed by atoms with van der Waals surface area (Å²) < 4.78 is 27.5. The lowest BCUT2D eigenvalue weighted by Gasteiger charge is -2.24. The predicted molar refractivity (Wildman–Crippen MR) is 98.7 cm³/mol. The molecule has 27 heavy (non-hydrogen) atoms. The average Bonchev–Trinajstić information content (AvgIpc) is 3.25. The predicted octanol–water partition coefficient (Wildman–Crippen LogP) is 1.67. The number of nitrogens with zero attached hydrogens (tertiary/aromatic N) is 3. The van der Waals surface area contributed by atoms with Crippen LogP contribution in [0.25, 0.3) is 0 Å². The molecule has 1 N–H and O–H groups in total. The molecule has 3 heterocycles. The fourth-order valence-corrected chi connectivity index (χ4v) is 5.77. The highest BCUT2D eigenvalue weighted by Crippen LogP contribution is 2.35. The van der Waals surface area contributed by atoms with Gasteiger partial charge in [0.2, 0.25) is 10.0 Å². The van der Waals surface area contributed by atoms with Gasteiger partial charge >= 0.3 is 5.97 Å². The van der Waals surface area contributed by atoms with Gasteiger partial charge < -0.3 is 5.11 Å². The van der Waals surface area contributed by atoms with Gasteiger partial charge in [0.1, 0.15) is 4.90 Å². The normalized spacial score (nSPS) is 23.4. The van der Waals surface area contributed by atoms with E-state index >= 15 is 0 Å². The molecule has 0 amide bonds. The minimum Gasteiger partial charge on any atom is -0.476 e. The number of carboxylic acid groups (broad SMARTS) is 1. The summed E-state index contributed by atoms with van der Waals surface area (Å²) in [6.45, 7) is 2.55. The number of fused-ring (bicyclic) bond motifs is 1. The van der Waals surface area contributed by atoms with E-state index in [1.807, 2.05) is 18.2 Å². The lowest BCUT2D eigenvalue weighted by molar-refractivity contribution is 0.0685. The van der Waals surface area contributed by atoms with Crippen molar-refractivity contribution in [3.05, 3.63) is 59.9 Å². The lowest BCUT2D eigenvalue weighted by Crippen LogP contribution is -2.37. The maximum absolute atomic E-state index is 13.1. The first-order chi connectivity index (χ1) is 13.0.